The highest BCUT2D eigenvalue weighted by Crippen LogP contribution is 2.16. The van der Waals surface area contributed by atoms with E-state index in [1.165, 1.54) is 180 Å². The van der Waals surface area contributed by atoms with Crippen LogP contribution in [0.25, 0.3) is 0 Å². The molecule has 0 aromatic heterocycles. The number of hydrogen-bond acceptors (Lipinski definition) is 8. The molecule has 1 N–H and O–H groups in total. The lowest BCUT2D eigenvalue weighted by Gasteiger charge is -2.21. The minimum atomic E-state index is 0.171. The van der Waals surface area contributed by atoms with Crippen molar-refractivity contribution in [1.82, 2.24) is 10.2 Å². The number of hydrogen-bond donors (Lipinski definition) is 1. The molecule has 0 rings (SSSR count). The Hall–Kier alpha value is -1.67. The second-order valence-electron chi connectivity index (χ2n) is 15.2. The summed E-state index contributed by atoms with van der Waals surface area (Å²) in [6.45, 7) is 17.2. The van der Waals surface area contributed by atoms with Gasteiger partial charge in [0, 0.05) is 6.54 Å². The molecule has 0 saturated heterocycles. The van der Waals surface area contributed by atoms with Gasteiger partial charge in [-0.2, -0.15) is 0 Å². The van der Waals surface area contributed by atoms with Crippen LogP contribution in [0, 0.1) is 0 Å². The van der Waals surface area contributed by atoms with Gasteiger partial charge in [-0.05, 0) is 72.1 Å². The van der Waals surface area contributed by atoms with Crippen LogP contribution in [0.5, 0.6) is 0 Å². The summed E-state index contributed by atoms with van der Waals surface area (Å²) in [6.07, 6.45) is 40.0. The highest BCUT2D eigenvalue weighted by molar-refractivity contribution is 5.37. The van der Waals surface area contributed by atoms with E-state index in [1.54, 1.807) is 0 Å². The smallest absolute Gasteiger partial charge is 0.293 e. The summed E-state index contributed by atoms with van der Waals surface area (Å²) in [6, 6.07) is 0. The Morgan fingerprint density at radius 1 is 0.400 bits per heavy atom. The number of carbonyl (C=O) groups is 3. The van der Waals surface area contributed by atoms with E-state index in [0.717, 1.165) is 38.9 Å². The van der Waals surface area contributed by atoms with Crippen LogP contribution in [0.3, 0.4) is 0 Å². The van der Waals surface area contributed by atoms with Gasteiger partial charge in [0.1, 0.15) is 12.7 Å². The first-order valence-electron chi connectivity index (χ1n) is 23.5. The predicted molar refractivity (Wildman–Crippen MR) is 238 cm³/mol. The largest absolute Gasteiger partial charge is 0.468 e. The van der Waals surface area contributed by atoms with Crippen molar-refractivity contribution in [3.63, 3.8) is 0 Å². The number of rotatable bonds is 41. The van der Waals surface area contributed by atoms with Crippen LogP contribution in [-0.2, 0) is 28.6 Å². The topological polar surface area (TPSA) is 94.2 Å². The highest BCUT2D eigenvalue weighted by atomic mass is 16.5. The Balaban J connectivity index is -0.000000362. The summed E-state index contributed by atoms with van der Waals surface area (Å²) in [4.78, 5) is 33.0. The minimum absolute atomic E-state index is 0.171. The van der Waals surface area contributed by atoms with Crippen molar-refractivity contribution in [3.8, 4) is 0 Å². The molecule has 0 bridgehead atoms. The van der Waals surface area contributed by atoms with Crippen LogP contribution in [0.15, 0.2) is 0 Å². The van der Waals surface area contributed by atoms with Gasteiger partial charge in [0.05, 0.1) is 6.61 Å². The lowest BCUT2D eigenvalue weighted by Crippen LogP contribution is -2.29. The predicted octanol–water partition coefficient (Wildman–Crippen LogP) is 13.2. The van der Waals surface area contributed by atoms with Crippen molar-refractivity contribution >= 4 is 19.4 Å². The number of ether oxygens (including phenoxy) is 3. The monoisotopic (exact) mass is 787 g/mol. The molecule has 332 valence electrons. The summed E-state index contributed by atoms with van der Waals surface area (Å²) in [5, 5.41) is 2.75. The first-order chi connectivity index (χ1) is 27.0. The molecule has 55 heavy (non-hydrogen) atoms. The zero-order chi connectivity index (χ0) is 41.6. The maximum absolute atomic E-state index is 10.5. The Bertz CT molecular complexity index is 637. The van der Waals surface area contributed by atoms with Crippen LogP contribution in [0.1, 0.15) is 234 Å². The molecule has 0 radical (unpaired) electrons. The van der Waals surface area contributed by atoms with Crippen LogP contribution >= 0.6 is 0 Å². The molecule has 0 amide bonds. The molecular formula is C47H98N2O6. The van der Waals surface area contributed by atoms with Gasteiger partial charge < -0.3 is 19.5 Å². The summed E-state index contributed by atoms with van der Waals surface area (Å²) in [5.41, 5.74) is 0. The molecule has 0 unspecified atom stereocenters. The fraction of sp³-hybridized carbons (Fsp3) is 0.936. The Kier molecular flexibility index (Phi) is 67.2. The molecule has 0 heterocycles. The van der Waals surface area contributed by atoms with E-state index >= 15 is 0 Å². The van der Waals surface area contributed by atoms with Crippen molar-refractivity contribution in [2.24, 2.45) is 0 Å². The second-order valence-corrected chi connectivity index (χ2v) is 15.2. The van der Waals surface area contributed by atoms with E-state index in [2.05, 4.69) is 49.6 Å². The quantitative estimate of drug-likeness (QED) is 0.0372. The number of nitrogens with zero attached hydrogens (tertiary/aromatic N) is 1. The molecule has 0 fully saturated rings. The second kappa shape index (κ2) is 61.5. The van der Waals surface area contributed by atoms with Gasteiger partial charge >= 0.3 is 0 Å². The van der Waals surface area contributed by atoms with Gasteiger partial charge in [0.25, 0.3) is 19.4 Å². The Morgan fingerprint density at radius 2 is 0.709 bits per heavy atom. The average molecular weight is 787 g/mol. The minimum Gasteiger partial charge on any atom is -0.468 e. The summed E-state index contributed by atoms with van der Waals surface area (Å²) in [7, 11) is 3.75. The third-order valence-electron chi connectivity index (χ3n) is 9.69. The third-order valence-corrected chi connectivity index (χ3v) is 9.69. The zero-order valence-corrected chi connectivity index (χ0v) is 38.2. The Labute approximate surface area is 344 Å². The van der Waals surface area contributed by atoms with Crippen LogP contribution in [-0.4, -0.2) is 77.4 Å². The van der Waals surface area contributed by atoms with Crippen molar-refractivity contribution in [2.45, 2.75) is 240 Å². The van der Waals surface area contributed by atoms with Gasteiger partial charge in [-0.1, -0.05) is 189 Å². The van der Waals surface area contributed by atoms with E-state index in [-0.39, 0.29) is 6.10 Å². The first kappa shape index (κ1) is 60.0. The maximum Gasteiger partial charge on any atom is 0.293 e. The molecular weight excluding hydrogens is 689 g/mol. The van der Waals surface area contributed by atoms with E-state index in [4.69, 9.17) is 9.47 Å². The molecule has 8 nitrogen and oxygen atoms in total. The van der Waals surface area contributed by atoms with Crippen LogP contribution in [0.2, 0.25) is 0 Å². The highest BCUT2D eigenvalue weighted by Gasteiger charge is 2.09. The van der Waals surface area contributed by atoms with E-state index in [9.17, 15) is 14.4 Å². The van der Waals surface area contributed by atoms with E-state index < -0.39 is 0 Å². The van der Waals surface area contributed by atoms with Gasteiger partial charge in [-0.3, -0.25) is 19.3 Å². The lowest BCUT2D eigenvalue weighted by atomic mass is 10.0. The van der Waals surface area contributed by atoms with Gasteiger partial charge in [-0.25, -0.2) is 0 Å². The van der Waals surface area contributed by atoms with Crippen LogP contribution < -0.4 is 5.32 Å². The summed E-state index contributed by atoms with van der Waals surface area (Å²) < 4.78 is 14.6. The van der Waals surface area contributed by atoms with E-state index in [0.29, 0.717) is 32.6 Å². The molecule has 0 aliphatic rings. The SMILES string of the molecule is CCCCCCCCC(CCCCCCCC)OC=O.CCCCCCCCN(CCCCCCCC)CCOC=O.CCCCCCCOC=O.CNC. The molecule has 0 aromatic rings. The molecule has 0 spiro atoms. The zero-order valence-electron chi connectivity index (χ0n) is 38.2. The van der Waals surface area contributed by atoms with Crippen molar-refractivity contribution in [3.05, 3.63) is 0 Å². The maximum atomic E-state index is 10.5. The van der Waals surface area contributed by atoms with Gasteiger partial charge in [-0.15, -0.1) is 0 Å². The molecule has 0 saturated carbocycles. The number of carbonyl (C=O) groups excluding carboxylic acids is 3. The van der Waals surface area contributed by atoms with Crippen molar-refractivity contribution < 1.29 is 28.6 Å². The van der Waals surface area contributed by atoms with Gasteiger partial charge in [0.2, 0.25) is 0 Å². The molecule has 0 aliphatic carbocycles. The summed E-state index contributed by atoms with van der Waals surface area (Å²) >= 11 is 0. The molecule has 0 aliphatic heterocycles. The van der Waals surface area contributed by atoms with Crippen molar-refractivity contribution in [2.75, 3.05) is 46.9 Å². The fourth-order valence-electron chi connectivity index (χ4n) is 6.30. The standard InChI is InChI=1S/C19H39NO2.C18H36O2.C8H16O2.C2H7N/c1-3-5-7-9-11-13-15-20(17-18-22-19-21)16-14-12-10-8-6-4-2;1-3-5-7-9-11-13-15-18(20-17-19)16-14-12-10-8-6-4-2;1-2-3-4-5-6-7-10-8-9;1-3-2/h19H,3-18H2,1-2H3;17-18H,3-16H2,1-2H3;8H,2-7H2,1H3;3H,1-2H3. The molecule has 0 atom stereocenters. The third kappa shape index (κ3) is 64.5. The fourth-order valence-corrected chi connectivity index (χ4v) is 6.30. The first-order valence-corrected chi connectivity index (χ1v) is 23.5. The van der Waals surface area contributed by atoms with E-state index in [1.807, 2.05) is 14.1 Å². The average Bonchev–Trinajstić information content (AvgIpc) is 3.19. The molecule has 8 heteroatoms. The number of nitrogens with one attached hydrogen (secondary N) is 1. The summed E-state index contributed by atoms with van der Waals surface area (Å²) in [5.74, 6) is 0. The lowest BCUT2D eigenvalue weighted by molar-refractivity contribution is -0.134. The van der Waals surface area contributed by atoms with Gasteiger partial charge in [0.15, 0.2) is 0 Å². The number of unbranched alkanes of at least 4 members (excludes halogenated alkanes) is 24. The van der Waals surface area contributed by atoms with Crippen molar-refractivity contribution in [1.29, 1.82) is 0 Å². The normalized spacial score (nSPS) is 10.4. The Morgan fingerprint density at radius 3 is 1.05 bits per heavy atom. The van der Waals surface area contributed by atoms with Crippen LogP contribution in [0.4, 0.5) is 0 Å². The molecule has 0 aromatic carbocycles.